The van der Waals surface area contributed by atoms with Crippen LogP contribution in [0.15, 0.2) is 36.7 Å². The van der Waals surface area contributed by atoms with E-state index in [1.54, 1.807) is 24.3 Å². The van der Waals surface area contributed by atoms with E-state index in [1.165, 1.54) is 0 Å². The third-order valence-corrected chi connectivity index (χ3v) is 3.40. The maximum absolute atomic E-state index is 13.9. The first-order chi connectivity index (χ1) is 11.1. The Morgan fingerprint density at radius 2 is 1.74 bits per heavy atom. The molecule has 0 spiro atoms. The molecule has 0 aliphatic carbocycles. The second-order valence-electron chi connectivity index (χ2n) is 4.94. The normalized spacial score (nSPS) is 10.9. The van der Waals surface area contributed by atoms with Crippen molar-refractivity contribution in [1.82, 2.24) is 9.97 Å². The van der Waals surface area contributed by atoms with Crippen molar-refractivity contribution in [2.45, 2.75) is 6.42 Å². The molecule has 3 rings (SSSR count). The monoisotopic (exact) mass is 319 g/mol. The van der Waals surface area contributed by atoms with Gasteiger partial charge >= 0.3 is 0 Å². The standard InChI is InChI=1S/C16H12F3N3O/c17-11-7-12(18)15-13(14(11)19)16(22-8-21-15)20-6-5-9-1-3-10(23)4-2-9/h1-4,7-8,23H,5-6H2,(H,20,21,22). The molecule has 4 nitrogen and oxygen atoms in total. The Morgan fingerprint density at radius 1 is 1.00 bits per heavy atom. The van der Waals surface area contributed by atoms with Crippen molar-refractivity contribution in [1.29, 1.82) is 0 Å². The summed E-state index contributed by atoms with van der Waals surface area (Å²) in [5.74, 6) is -3.22. The highest BCUT2D eigenvalue weighted by atomic mass is 19.2. The van der Waals surface area contributed by atoms with Gasteiger partial charge in [-0.15, -0.1) is 0 Å². The fraction of sp³-hybridized carbons (Fsp3) is 0.125. The lowest BCUT2D eigenvalue weighted by molar-refractivity contribution is 0.475. The lowest BCUT2D eigenvalue weighted by Crippen LogP contribution is -2.08. The molecule has 1 aromatic heterocycles. The number of phenols is 1. The number of nitrogens with one attached hydrogen (secondary N) is 1. The molecule has 0 radical (unpaired) electrons. The van der Waals surface area contributed by atoms with Crippen molar-refractivity contribution in [2.75, 3.05) is 11.9 Å². The van der Waals surface area contributed by atoms with Gasteiger partial charge in [0, 0.05) is 12.6 Å². The highest BCUT2D eigenvalue weighted by Crippen LogP contribution is 2.26. The zero-order valence-electron chi connectivity index (χ0n) is 11.9. The lowest BCUT2D eigenvalue weighted by Gasteiger charge is -2.10. The van der Waals surface area contributed by atoms with Crippen LogP contribution in [0.3, 0.4) is 0 Å². The number of aromatic hydroxyl groups is 1. The predicted molar refractivity (Wildman–Crippen MR) is 79.7 cm³/mol. The molecule has 0 atom stereocenters. The van der Waals surface area contributed by atoms with E-state index in [0.29, 0.717) is 19.0 Å². The molecule has 0 fully saturated rings. The second-order valence-corrected chi connectivity index (χ2v) is 4.94. The topological polar surface area (TPSA) is 58.0 Å². The average Bonchev–Trinajstić information content (AvgIpc) is 2.54. The molecular weight excluding hydrogens is 307 g/mol. The molecule has 3 aromatic rings. The van der Waals surface area contributed by atoms with Gasteiger partial charge in [-0.2, -0.15) is 0 Å². The number of hydrogen-bond donors (Lipinski definition) is 2. The number of halogens is 3. The number of fused-ring (bicyclic) bond motifs is 1. The fourth-order valence-electron chi connectivity index (χ4n) is 2.26. The van der Waals surface area contributed by atoms with Crippen LogP contribution >= 0.6 is 0 Å². The van der Waals surface area contributed by atoms with Crippen molar-refractivity contribution in [3.05, 3.63) is 59.7 Å². The van der Waals surface area contributed by atoms with Gasteiger partial charge in [0.25, 0.3) is 0 Å². The molecule has 23 heavy (non-hydrogen) atoms. The first kappa shape index (κ1) is 15.1. The van der Waals surface area contributed by atoms with Crippen molar-refractivity contribution in [3.8, 4) is 5.75 Å². The zero-order chi connectivity index (χ0) is 16.4. The van der Waals surface area contributed by atoms with Crippen LogP contribution in [0.1, 0.15) is 5.56 Å². The van der Waals surface area contributed by atoms with E-state index in [1.807, 2.05) is 0 Å². The van der Waals surface area contributed by atoms with Crippen LogP contribution in [0.25, 0.3) is 10.9 Å². The summed E-state index contributed by atoms with van der Waals surface area (Å²) in [6.45, 7) is 0.370. The van der Waals surface area contributed by atoms with Gasteiger partial charge in [-0.3, -0.25) is 0 Å². The van der Waals surface area contributed by atoms with Gasteiger partial charge in [-0.05, 0) is 24.1 Å². The van der Waals surface area contributed by atoms with E-state index >= 15 is 0 Å². The zero-order valence-corrected chi connectivity index (χ0v) is 11.9. The van der Waals surface area contributed by atoms with Gasteiger partial charge in [0.2, 0.25) is 0 Å². The molecule has 0 aliphatic rings. The van der Waals surface area contributed by atoms with Crippen molar-refractivity contribution < 1.29 is 18.3 Å². The maximum Gasteiger partial charge on any atom is 0.172 e. The highest BCUT2D eigenvalue weighted by molar-refractivity contribution is 5.89. The van der Waals surface area contributed by atoms with Gasteiger partial charge in [-0.25, -0.2) is 23.1 Å². The minimum Gasteiger partial charge on any atom is -0.508 e. The summed E-state index contributed by atoms with van der Waals surface area (Å²) < 4.78 is 41.0. The third-order valence-electron chi connectivity index (χ3n) is 3.40. The van der Waals surface area contributed by atoms with Crippen LogP contribution < -0.4 is 5.32 Å². The molecule has 1 heterocycles. The molecule has 2 aromatic carbocycles. The molecule has 0 saturated heterocycles. The van der Waals surface area contributed by atoms with Crippen LogP contribution in [-0.4, -0.2) is 21.6 Å². The molecule has 2 N–H and O–H groups in total. The molecule has 0 unspecified atom stereocenters. The number of phenolic OH excluding ortho intramolecular Hbond substituents is 1. The van der Waals surface area contributed by atoms with Gasteiger partial charge in [-0.1, -0.05) is 12.1 Å². The van der Waals surface area contributed by atoms with Crippen LogP contribution in [0.5, 0.6) is 5.75 Å². The minimum atomic E-state index is -1.29. The Bertz CT molecular complexity index is 853. The molecule has 0 aliphatic heterocycles. The van der Waals surface area contributed by atoms with E-state index in [4.69, 9.17) is 0 Å². The summed E-state index contributed by atoms with van der Waals surface area (Å²) in [4.78, 5) is 7.52. The number of rotatable bonds is 4. The molecule has 7 heteroatoms. The summed E-state index contributed by atoms with van der Waals surface area (Å²) in [6.07, 6.45) is 1.65. The van der Waals surface area contributed by atoms with E-state index in [0.717, 1.165) is 11.9 Å². The molecule has 0 bridgehead atoms. The fourth-order valence-corrected chi connectivity index (χ4v) is 2.26. The van der Waals surface area contributed by atoms with Crippen LogP contribution in [0, 0.1) is 17.5 Å². The van der Waals surface area contributed by atoms with Crippen LogP contribution in [0.4, 0.5) is 19.0 Å². The Labute approximate surface area is 129 Å². The second kappa shape index (κ2) is 6.12. The largest absolute Gasteiger partial charge is 0.508 e. The third kappa shape index (κ3) is 3.03. The van der Waals surface area contributed by atoms with Crippen molar-refractivity contribution in [3.63, 3.8) is 0 Å². The van der Waals surface area contributed by atoms with E-state index in [2.05, 4.69) is 15.3 Å². The molecule has 118 valence electrons. The first-order valence-corrected chi connectivity index (χ1v) is 6.86. The van der Waals surface area contributed by atoms with Crippen LogP contribution in [0.2, 0.25) is 0 Å². The Hall–Kier alpha value is -2.83. The summed E-state index contributed by atoms with van der Waals surface area (Å²) in [5.41, 5.74) is 0.664. The molecular formula is C16H12F3N3O. The number of anilines is 1. The Balaban J connectivity index is 1.84. The van der Waals surface area contributed by atoms with E-state index < -0.39 is 17.5 Å². The quantitative estimate of drug-likeness (QED) is 0.724. The summed E-state index contributed by atoms with van der Waals surface area (Å²) >= 11 is 0. The van der Waals surface area contributed by atoms with E-state index in [-0.39, 0.29) is 22.5 Å². The van der Waals surface area contributed by atoms with E-state index in [9.17, 15) is 18.3 Å². The van der Waals surface area contributed by atoms with Gasteiger partial charge in [0.15, 0.2) is 17.5 Å². The first-order valence-electron chi connectivity index (χ1n) is 6.86. The maximum atomic E-state index is 13.9. The summed E-state index contributed by atoms with van der Waals surface area (Å²) in [6, 6.07) is 7.06. The Morgan fingerprint density at radius 3 is 2.48 bits per heavy atom. The predicted octanol–water partition coefficient (Wildman–Crippen LogP) is 3.41. The number of nitrogens with zero attached hydrogens (tertiary/aromatic N) is 2. The Kier molecular flexibility index (Phi) is 4.01. The number of benzene rings is 2. The summed E-state index contributed by atoms with van der Waals surface area (Å²) in [7, 11) is 0. The van der Waals surface area contributed by atoms with Gasteiger partial charge < -0.3 is 10.4 Å². The molecule has 0 amide bonds. The smallest absolute Gasteiger partial charge is 0.172 e. The SMILES string of the molecule is Oc1ccc(CCNc2ncnc3c(F)cc(F)c(F)c23)cc1. The molecule has 0 saturated carbocycles. The van der Waals surface area contributed by atoms with Crippen LogP contribution in [-0.2, 0) is 6.42 Å². The van der Waals surface area contributed by atoms with Crippen molar-refractivity contribution in [2.24, 2.45) is 0 Å². The van der Waals surface area contributed by atoms with Crippen molar-refractivity contribution >= 4 is 16.7 Å². The number of hydrogen-bond acceptors (Lipinski definition) is 4. The minimum absolute atomic E-state index is 0.0321. The van der Waals surface area contributed by atoms with Gasteiger partial charge in [0.1, 0.15) is 23.4 Å². The number of aromatic nitrogens is 2. The van der Waals surface area contributed by atoms with Gasteiger partial charge in [0.05, 0.1) is 5.39 Å². The average molecular weight is 319 g/mol. The lowest BCUT2D eigenvalue weighted by atomic mass is 10.1. The summed E-state index contributed by atoms with van der Waals surface area (Å²) in [5, 5.41) is 11.8. The highest BCUT2D eigenvalue weighted by Gasteiger charge is 2.17.